The zero-order valence-electron chi connectivity index (χ0n) is 13.2. The lowest BCUT2D eigenvalue weighted by molar-refractivity contribution is -0.122. The van der Waals surface area contributed by atoms with Crippen molar-refractivity contribution < 1.29 is 9.53 Å². The fraction of sp³-hybridized carbons (Fsp3) is 0.588. The molecule has 1 saturated heterocycles. The molecular formula is C17H26N2O2. The molecule has 1 aromatic rings. The van der Waals surface area contributed by atoms with Gasteiger partial charge in [0.1, 0.15) is 0 Å². The molecule has 0 saturated carbocycles. The number of hydrogen-bond donors (Lipinski definition) is 2. The van der Waals surface area contributed by atoms with Crippen molar-refractivity contribution in [2.75, 3.05) is 19.8 Å². The third-order valence-corrected chi connectivity index (χ3v) is 3.91. The molecule has 0 radical (unpaired) electrons. The van der Waals surface area contributed by atoms with Crippen LogP contribution in [-0.4, -0.2) is 31.7 Å². The quantitative estimate of drug-likeness (QED) is 0.875. The maximum absolute atomic E-state index is 12.1. The molecule has 1 aliphatic rings. The molecule has 21 heavy (non-hydrogen) atoms. The fourth-order valence-electron chi connectivity index (χ4n) is 2.53. The normalized spacial score (nSPS) is 20.3. The Morgan fingerprint density at radius 3 is 2.52 bits per heavy atom. The first kappa shape index (κ1) is 16.0. The average molecular weight is 290 g/mol. The van der Waals surface area contributed by atoms with Gasteiger partial charge in [-0.15, -0.1) is 0 Å². The first-order chi connectivity index (χ1) is 10.1. The lowest BCUT2D eigenvalue weighted by Crippen LogP contribution is -2.44. The minimum atomic E-state index is 0.0308. The number of benzene rings is 1. The molecule has 1 fully saturated rings. The van der Waals surface area contributed by atoms with E-state index in [0.29, 0.717) is 18.9 Å². The van der Waals surface area contributed by atoms with Crippen molar-refractivity contribution in [3.63, 3.8) is 0 Å². The van der Waals surface area contributed by atoms with Gasteiger partial charge in [0.15, 0.2) is 0 Å². The summed E-state index contributed by atoms with van der Waals surface area (Å²) in [4.78, 5) is 12.1. The highest BCUT2D eigenvalue weighted by molar-refractivity contribution is 5.77. The van der Waals surface area contributed by atoms with Crippen molar-refractivity contribution in [2.45, 2.75) is 45.2 Å². The number of ether oxygens (including phenoxy) is 1. The summed E-state index contributed by atoms with van der Waals surface area (Å²) in [6.07, 6.45) is 0.467. The summed E-state index contributed by atoms with van der Waals surface area (Å²) in [6, 6.07) is 8.64. The second kappa shape index (κ2) is 7.57. The van der Waals surface area contributed by atoms with E-state index in [1.807, 2.05) is 6.92 Å². The van der Waals surface area contributed by atoms with Gasteiger partial charge in [-0.05, 0) is 24.0 Å². The van der Waals surface area contributed by atoms with Crippen LogP contribution in [0.1, 0.15) is 50.3 Å². The van der Waals surface area contributed by atoms with Crippen molar-refractivity contribution >= 4 is 5.91 Å². The molecule has 4 nitrogen and oxygen atoms in total. The zero-order valence-corrected chi connectivity index (χ0v) is 13.2. The van der Waals surface area contributed by atoms with Gasteiger partial charge >= 0.3 is 0 Å². The summed E-state index contributed by atoms with van der Waals surface area (Å²) in [5.74, 6) is 0.597. The van der Waals surface area contributed by atoms with Crippen molar-refractivity contribution in [3.8, 4) is 0 Å². The molecule has 0 bridgehead atoms. The summed E-state index contributed by atoms with van der Waals surface area (Å²) in [7, 11) is 0. The third-order valence-electron chi connectivity index (χ3n) is 3.91. The Hall–Kier alpha value is -1.39. The van der Waals surface area contributed by atoms with Crippen molar-refractivity contribution in [2.24, 2.45) is 0 Å². The van der Waals surface area contributed by atoms with Crippen LogP contribution in [0.2, 0.25) is 0 Å². The SMILES string of the molecule is CC(C)c1ccc(C(C)NC(=O)CC2COCCN2)cc1. The van der Waals surface area contributed by atoms with E-state index in [0.717, 1.165) is 18.7 Å². The molecule has 0 aromatic heterocycles. The maximum atomic E-state index is 12.1. The van der Waals surface area contributed by atoms with Crippen LogP contribution in [0, 0.1) is 0 Å². The number of nitrogens with one attached hydrogen (secondary N) is 2. The Kier molecular flexibility index (Phi) is 5.76. The number of carbonyl (C=O) groups excluding carboxylic acids is 1. The first-order valence-electron chi connectivity index (χ1n) is 7.76. The smallest absolute Gasteiger partial charge is 0.222 e. The maximum Gasteiger partial charge on any atom is 0.222 e. The first-order valence-corrected chi connectivity index (χ1v) is 7.76. The monoisotopic (exact) mass is 290 g/mol. The minimum absolute atomic E-state index is 0.0308. The lowest BCUT2D eigenvalue weighted by atomic mass is 9.99. The third kappa shape index (κ3) is 4.83. The van der Waals surface area contributed by atoms with E-state index in [4.69, 9.17) is 4.74 Å². The molecule has 2 N–H and O–H groups in total. The van der Waals surface area contributed by atoms with Gasteiger partial charge in [0, 0.05) is 19.0 Å². The van der Waals surface area contributed by atoms with Gasteiger partial charge in [-0.1, -0.05) is 38.1 Å². The van der Waals surface area contributed by atoms with Crippen LogP contribution in [0.5, 0.6) is 0 Å². The topological polar surface area (TPSA) is 50.4 Å². The molecule has 4 heteroatoms. The van der Waals surface area contributed by atoms with Gasteiger partial charge in [-0.3, -0.25) is 4.79 Å². The van der Waals surface area contributed by atoms with E-state index >= 15 is 0 Å². The Labute approximate surface area is 127 Å². The molecule has 1 heterocycles. The van der Waals surface area contributed by atoms with Crippen molar-refractivity contribution in [3.05, 3.63) is 35.4 Å². The molecule has 0 spiro atoms. The lowest BCUT2D eigenvalue weighted by Gasteiger charge is -2.24. The Morgan fingerprint density at radius 1 is 1.29 bits per heavy atom. The van der Waals surface area contributed by atoms with Crippen LogP contribution < -0.4 is 10.6 Å². The predicted molar refractivity (Wildman–Crippen MR) is 84.3 cm³/mol. The van der Waals surface area contributed by atoms with E-state index in [9.17, 15) is 4.79 Å². The predicted octanol–water partition coefficient (Wildman–Crippen LogP) is 2.37. The van der Waals surface area contributed by atoms with E-state index in [1.165, 1.54) is 5.56 Å². The van der Waals surface area contributed by atoms with Crippen LogP contribution in [0.25, 0.3) is 0 Å². The number of rotatable bonds is 5. The van der Waals surface area contributed by atoms with Gasteiger partial charge in [0.25, 0.3) is 0 Å². The Morgan fingerprint density at radius 2 is 1.95 bits per heavy atom. The van der Waals surface area contributed by atoms with E-state index in [2.05, 4.69) is 48.7 Å². The molecule has 2 unspecified atom stereocenters. The summed E-state index contributed by atoms with van der Waals surface area (Å²) >= 11 is 0. The molecule has 1 amide bonds. The van der Waals surface area contributed by atoms with Crippen LogP contribution in [0.15, 0.2) is 24.3 Å². The van der Waals surface area contributed by atoms with E-state index in [1.54, 1.807) is 0 Å². The summed E-state index contributed by atoms with van der Waals surface area (Å²) in [6.45, 7) is 8.55. The zero-order chi connectivity index (χ0) is 15.2. The summed E-state index contributed by atoms with van der Waals surface area (Å²) in [5.41, 5.74) is 2.46. The summed E-state index contributed by atoms with van der Waals surface area (Å²) < 4.78 is 5.37. The van der Waals surface area contributed by atoms with Gasteiger partial charge in [-0.25, -0.2) is 0 Å². The van der Waals surface area contributed by atoms with Gasteiger partial charge in [-0.2, -0.15) is 0 Å². The highest BCUT2D eigenvalue weighted by atomic mass is 16.5. The molecule has 0 aliphatic carbocycles. The molecule has 116 valence electrons. The van der Waals surface area contributed by atoms with Gasteiger partial charge in [0.2, 0.25) is 5.91 Å². The summed E-state index contributed by atoms with van der Waals surface area (Å²) in [5, 5.41) is 6.35. The van der Waals surface area contributed by atoms with Gasteiger partial charge in [0.05, 0.1) is 19.3 Å². The number of morpholine rings is 1. The van der Waals surface area contributed by atoms with Crippen LogP contribution >= 0.6 is 0 Å². The average Bonchev–Trinajstić information content (AvgIpc) is 2.48. The second-order valence-electron chi connectivity index (χ2n) is 6.04. The number of hydrogen-bond acceptors (Lipinski definition) is 3. The van der Waals surface area contributed by atoms with Crippen molar-refractivity contribution in [1.82, 2.24) is 10.6 Å². The molecule has 1 aromatic carbocycles. The molecule has 1 aliphatic heterocycles. The Bertz CT molecular complexity index is 450. The second-order valence-corrected chi connectivity index (χ2v) is 6.04. The number of amides is 1. The van der Waals surface area contributed by atoms with E-state index < -0.39 is 0 Å². The minimum Gasteiger partial charge on any atom is -0.378 e. The van der Waals surface area contributed by atoms with Crippen molar-refractivity contribution in [1.29, 1.82) is 0 Å². The Balaban J connectivity index is 1.84. The van der Waals surface area contributed by atoms with Crippen LogP contribution in [0.4, 0.5) is 0 Å². The van der Waals surface area contributed by atoms with Crippen LogP contribution in [0.3, 0.4) is 0 Å². The fourth-order valence-corrected chi connectivity index (χ4v) is 2.53. The van der Waals surface area contributed by atoms with Gasteiger partial charge < -0.3 is 15.4 Å². The van der Waals surface area contributed by atoms with Crippen LogP contribution in [-0.2, 0) is 9.53 Å². The highest BCUT2D eigenvalue weighted by Crippen LogP contribution is 2.18. The molecule has 2 atom stereocenters. The number of carbonyl (C=O) groups is 1. The highest BCUT2D eigenvalue weighted by Gasteiger charge is 2.18. The standard InChI is InChI=1S/C17H26N2O2/c1-12(2)14-4-6-15(7-5-14)13(3)19-17(20)10-16-11-21-9-8-18-16/h4-7,12-13,16,18H,8-11H2,1-3H3,(H,19,20). The molecular weight excluding hydrogens is 264 g/mol. The van der Waals surface area contributed by atoms with E-state index in [-0.39, 0.29) is 18.0 Å². The molecule has 2 rings (SSSR count). The largest absolute Gasteiger partial charge is 0.378 e.